The standard InChI is InChI=1S/C21H29N3O3.C2H6/c1-6-24(5)19-12-11-17(22-16(2)25)15-21(19)27-14-13-26-20-10-8-7-9-18(20)23(3)4;1-2/h7-12,15H,6,13-14H2,1-5H3,(H,22,25);1-2H3. The smallest absolute Gasteiger partial charge is 0.221 e. The number of ether oxygens (including phenoxy) is 2. The molecule has 0 atom stereocenters. The fraction of sp³-hybridized carbons (Fsp3) is 0.435. The van der Waals surface area contributed by atoms with Gasteiger partial charge in [-0.15, -0.1) is 0 Å². The molecule has 1 amide bonds. The summed E-state index contributed by atoms with van der Waals surface area (Å²) in [4.78, 5) is 15.4. The molecular formula is C23H35N3O3. The predicted molar refractivity (Wildman–Crippen MR) is 123 cm³/mol. The molecule has 0 saturated heterocycles. The van der Waals surface area contributed by atoms with E-state index < -0.39 is 0 Å². The molecule has 0 spiro atoms. The number of anilines is 3. The third-order valence-electron chi connectivity index (χ3n) is 4.11. The van der Waals surface area contributed by atoms with Gasteiger partial charge in [0.25, 0.3) is 0 Å². The van der Waals surface area contributed by atoms with E-state index in [4.69, 9.17) is 9.47 Å². The second-order valence-electron chi connectivity index (χ2n) is 6.44. The van der Waals surface area contributed by atoms with Crippen LogP contribution in [0.25, 0.3) is 0 Å². The van der Waals surface area contributed by atoms with E-state index in [1.807, 2.05) is 82.4 Å². The number of nitrogens with zero attached hydrogens (tertiary/aromatic N) is 2. The largest absolute Gasteiger partial charge is 0.488 e. The van der Waals surface area contributed by atoms with E-state index in [0.717, 1.165) is 29.4 Å². The van der Waals surface area contributed by atoms with E-state index in [2.05, 4.69) is 17.1 Å². The second kappa shape index (κ2) is 12.5. The molecule has 0 saturated carbocycles. The molecule has 0 radical (unpaired) electrons. The van der Waals surface area contributed by atoms with Gasteiger partial charge in [-0.05, 0) is 31.2 Å². The Morgan fingerprint density at radius 2 is 1.55 bits per heavy atom. The van der Waals surface area contributed by atoms with E-state index >= 15 is 0 Å². The van der Waals surface area contributed by atoms with Crippen molar-refractivity contribution in [2.45, 2.75) is 27.7 Å². The van der Waals surface area contributed by atoms with Crippen LogP contribution in [0.1, 0.15) is 27.7 Å². The first-order valence-electron chi connectivity index (χ1n) is 10.1. The van der Waals surface area contributed by atoms with E-state index in [9.17, 15) is 4.79 Å². The number of carbonyl (C=O) groups excluding carboxylic acids is 1. The Labute approximate surface area is 175 Å². The zero-order valence-corrected chi connectivity index (χ0v) is 18.8. The van der Waals surface area contributed by atoms with Crippen LogP contribution in [0.5, 0.6) is 11.5 Å². The van der Waals surface area contributed by atoms with Crippen molar-refractivity contribution >= 4 is 23.0 Å². The summed E-state index contributed by atoms with van der Waals surface area (Å²) in [7, 11) is 5.97. The van der Waals surface area contributed by atoms with Gasteiger partial charge in [0.1, 0.15) is 24.7 Å². The Balaban J connectivity index is 0.00000204. The fourth-order valence-corrected chi connectivity index (χ4v) is 2.65. The van der Waals surface area contributed by atoms with E-state index in [-0.39, 0.29) is 5.91 Å². The third kappa shape index (κ3) is 7.56. The molecular weight excluding hydrogens is 366 g/mol. The molecule has 0 fully saturated rings. The molecule has 29 heavy (non-hydrogen) atoms. The van der Waals surface area contributed by atoms with Crippen LogP contribution in [0.3, 0.4) is 0 Å². The van der Waals surface area contributed by atoms with Crippen molar-refractivity contribution < 1.29 is 14.3 Å². The lowest BCUT2D eigenvalue weighted by Gasteiger charge is -2.22. The third-order valence-corrected chi connectivity index (χ3v) is 4.11. The Hall–Kier alpha value is -2.89. The molecule has 0 aromatic heterocycles. The SMILES string of the molecule is CC.CCN(C)c1ccc(NC(C)=O)cc1OCCOc1ccccc1N(C)C. The van der Waals surface area contributed by atoms with Crippen LogP contribution in [0, 0.1) is 0 Å². The minimum atomic E-state index is -0.110. The van der Waals surface area contributed by atoms with E-state index in [1.54, 1.807) is 0 Å². The van der Waals surface area contributed by atoms with Crippen LogP contribution in [0.4, 0.5) is 17.1 Å². The maximum absolute atomic E-state index is 11.3. The maximum Gasteiger partial charge on any atom is 0.221 e. The quantitative estimate of drug-likeness (QED) is 0.620. The Morgan fingerprint density at radius 1 is 0.931 bits per heavy atom. The van der Waals surface area contributed by atoms with Crippen molar-refractivity contribution in [3.05, 3.63) is 42.5 Å². The molecule has 0 aliphatic rings. The highest BCUT2D eigenvalue weighted by atomic mass is 16.5. The number of hydrogen-bond acceptors (Lipinski definition) is 5. The minimum Gasteiger partial charge on any atom is -0.488 e. The molecule has 6 nitrogen and oxygen atoms in total. The highest BCUT2D eigenvalue weighted by Gasteiger charge is 2.10. The molecule has 0 bridgehead atoms. The normalized spacial score (nSPS) is 9.76. The van der Waals surface area contributed by atoms with Gasteiger partial charge in [0.05, 0.1) is 11.4 Å². The minimum absolute atomic E-state index is 0.110. The Morgan fingerprint density at radius 3 is 2.14 bits per heavy atom. The van der Waals surface area contributed by atoms with Gasteiger partial charge in [-0.25, -0.2) is 0 Å². The summed E-state index contributed by atoms with van der Waals surface area (Å²) in [5.74, 6) is 1.43. The number of para-hydroxylation sites is 2. The van der Waals surface area contributed by atoms with Crippen molar-refractivity contribution in [3.8, 4) is 11.5 Å². The van der Waals surface area contributed by atoms with Gasteiger partial charge in [0, 0.05) is 46.4 Å². The van der Waals surface area contributed by atoms with Crippen molar-refractivity contribution in [2.24, 2.45) is 0 Å². The van der Waals surface area contributed by atoms with Crippen LogP contribution in [-0.4, -0.2) is 46.8 Å². The van der Waals surface area contributed by atoms with Crippen LogP contribution >= 0.6 is 0 Å². The number of benzene rings is 2. The zero-order chi connectivity index (χ0) is 21.8. The number of hydrogen-bond donors (Lipinski definition) is 1. The summed E-state index contributed by atoms with van der Waals surface area (Å²) in [5.41, 5.74) is 2.71. The lowest BCUT2D eigenvalue weighted by atomic mass is 10.2. The topological polar surface area (TPSA) is 54.0 Å². The summed E-state index contributed by atoms with van der Waals surface area (Å²) in [5, 5.41) is 2.79. The Kier molecular flexibility index (Phi) is 10.4. The average molecular weight is 402 g/mol. The van der Waals surface area contributed by atoms with Crippen molar-refractivity contribution in [1.29, 1.82) is 0 Å². The zero-order valence-electron chi connectivity index (χ0n) is 18.8. The van der Waals surface area contributed by atoms with Gasteiger partial charge >= 0.3 is 0 Å². The number of nitrogens with one attached hydrogen (secondary N) is 1. The molecule has 160 valence electrons. The van der Waals surface area contributed by atoms with Crippen LogP contribution < -0.4 is 24.6 Å². The van der Waals surface area contributed by atoms with Crippen LogP contribution in [0.15, 0.2) is 42.5 Å². The van der Waals surface area contributed by atoms with E-state index in [0.29, 0.717) is 18.9 Å². The number of amides is 1. The molecule has 0 heterocycles. The van der Waals surface area contributed by atoms with Crippen molar-refractivity contribution in [2.75, 3.05) is 56.0 Å². The molecule has 2 rings (SSSR count). The fourth-order valence-electron chi connectivity index (χ4n) is 2.65. The van der Waals surface area contributed by atoms with Gasteiger partial charge in [0.2, 0.25) is 5.91 Å². The van der Waals surface area contributed by atoms with Gasteiger partial charge in [-0.2, -0.15) is 0 Å². The molecule has 6 heteroatoms. The molecule has 1 N–H and O–H groups in total. The lowest BCUT2D eigenvalue weighted by molar-refractivity contribution is -0.114. The van der Waals surface area contributed by atoms with Crippen LogP contribution in [0.2, 0.25) is 0 Å². The van der Waals surface area contributed by atoms with Gasteiger partial charge in [-0.1, -0.05) is 26.0 Å². The molecule has 2 aromatic rings. The predicted octanol–water partition coefficient (Wildman–Crippen LogP) is 4.65. The van der Waals surface area contributed by atoms with Crippen molar-refractivity contribution in [3.63, 3.8) is 0 Å². The average Bonchev–Trinajstić information content (AvgIpc) is 2.72. The van der Waals surface area contributed by atoms with E-state index in [1.165, 1.54) is 6.92 Å². The summed E-state index contributed by atoms with van der Waals surface area (Å²) >= 11 is 0. The summed E-state index contributed by atoms with van der Waals surface area (Å²) in [6.45, 7) is 9.23. The van der Waals surface area contributed by atoms with Crippen LogP contribution in [-0.2, 0) is 4.79 Å². The van der Waals surface area contributed by atoms with Crippen molar-refractivity contribution in [1.82, 2.24) is 0 Å². The molecule has 2 aromatic carbocycles. The molecule has 0 aliphatic heterocycles. The number of carbonyl (C=O) groups is 1. The van der Waals surface area contributed by atoms with Gasteiger partial charge < -0.3 is 24.6 Å². The highest BCUT2D eigenvalue weighted by Crippen LogP contribution is 2.31. The second-order valence-corrected chi connectivity index (χ2v) is 6.44. The monoisotopic (exact) mass is 401 g/mol. The summed E-state index contributed by atoms with van der Waals surface area (Å²) < 4.78 is 11.9. The maximum atomic E-state index is 11.3. The Bertz CT molecular complexity index is 763. The number of rotatable bonds is 9. The molecule has 0 unspecified atom stereocenters. The van der Waals surface area contributed by atoms with Gasteiger partial charge in [-0.3, -0.25) is 4.79 Å². The lowest BCUT2D eigenvalue weighted by Crippen LogP contribution is -2.18. The first-order chi connectivity index (χ1) is 13.9. The summed E-state index contributed by atoms with van der Waals surface area (Å²) in [6, 6.07) is 13.6. The highest BCUT2D eigenvalue weighted by molar-refractivity contribution is 5.89. The first-order valence-corrected chi connectivity index (χ1v) is 10.1. The molecule has 0 aliphatic carbocycles. The first kappa shape index (κ1) is 24.1. The summed E-state index contributed by atoms with van der Waals surface area (Å²) in [6.07, 6.45) is 0. The van der Waals surface area contributed by atoms with Gasteiger partial charge in [0.15, 0.2) is 0 Å².